The minimum Gasteiger partial charge on any atom is -0.491 e. The predicted molar refractivity (Wildman–Crippen MR) is 173 cm³/mol. The molecule has 44 heavy (non-hydrogen) atoms. The Morgan fingerprint density at radius 2 is 2.00 bits per heavy atom. The average Bonchev–Trinajstić information content (AvgIpc) is 3.18. The van der Waals surface area contributed by atoms with E-state index < -0.39 is 12.1 Å². The number of hydrogen-bond acceptors (Lipinski definition) is 7. The van der Waals surface area contributed by atoms with Crippen LogP contribution in [0.25, 0.3) is 0 Å². The molecule has 2 aliphatic rings. The molecule has 0 spiro atoms. The Bertz CT molecular complexity index is 1320. The van der Waals surface area contributed by atoms with E-state index in [1.54, 1.807) is 25.0 Å². The van der Waals surface area contributed by atoms with Gasteiger partial charge in [0.25, 0.3) is 0 Å². The van der Waals surface area contributed by atoms with Crippen LogP contribution < -0.4 is 9.64 Å². The first-order chi connectivity index (χ1) is 21.2. The van der Waals surface area contributed by atoms with Crippen LogP contribution in [0.3, 0.4) is 0 Å². The van der Waals surface area contributed by atoms with Crippen molar-refractivity contribution in [2.24, 2.45) is 11.8 Å². The Hall–Kier alpha value is -3.07. The summed E-state index contributed by atoms with van der Waals surface area (Å²) < 4.78 is 17.2. The van der Waals surface area contributed by atoms with Crippen LogP contribution in [-0.2, 0) is 25.5 Å². The molecule has 1 amide bonds. The highest BCUT2D eigenvalue weighted by Gasteiger charge is 2.39. The number of hydrogen-bond donors (Lipinski definition) is 1. The number of aliphatic hydroxyl groups excluding tert-OH is 1. The van der Waals surface area contributed by atoms with Crippen molar-refractivity contribution in [3.05, 3.63) is 70.3 Å². The quantitative estimate of drug-likeness (QED) is 0.217. The first-order valence-corrected chi connectivity index (χ1v) is 16.0. The molecule has 0 saturated heterocycles. The maximum atomic E-state index is 12.2. The van der Waals surface area contributed by atoms with E-state index in [0.717, 1.165) is 61.7 Å². The lowest BCUT2D eigenvalue weighted by Crippen LogP contribution is -2.44. The molecule has 1 saturated carbocycles. The molecule has 0 bridgehead atoms. The molecule has 9 heteroatoms. The van der Waals surface area contributed by atoms with E-state index in [4.69, 9.17) is 25.8 Å². The van der Waals surface area contributed by atoms with E-state index in [1.807, 2.05) is 25.2 Å². The van der Waals surface area contributed by atoms with E-state index in [1.165, 1.54) is 18.2 Å². The molecule has 4 unspecified atom stereocenters. The number of carbonyl (C=O) groups excluding carboxylic acids is 2. The van der Waals surface area contributed by atoms with E-state index in [-0.39, 0.29) is 17.9 Å². The Morgan fingerprint density at radius 1 is 1.20 bits per heavy atom. The van der Waals surface area contributed by atoms with Crippen LogP contribution in [0, 0.1) is 11.8 Å². The van der Waals surface area contributed by atoms with Gasteiger partial charge in [-0.15, -0.1) is 0 Å². The number of aryl methyl sites for hydroxylation is 1. The summed E-state index contributed by atoms with van der Waals surface area (Å²) in [6.07, 6.45) is 7.74. The fourth-order valence-corrected chi connectivity index (χ4v) is 6.53. The molecule has 1 heterocycles. The SMILES string of the molecule is CCCc1cc(Cl)ccc1C1COc2ccc(C(O)C(=O)OC)cc2N(CC2CCC2[C@H](/C=C/CCN(C)C(C)=O)OC)C1. The molecule has 2 aromatic rings. The number of rotatable bonds is 13. The van der Waals surface area contributed by atoms with E-state index >= 15 is 0 Å². The van der Waals surface area contributed by atoms with Crippen LogP contribution in [-0.4, -0.2) is 75.5 Å². The summed E-state index contributed by atoms with van der Waals surface area (Å²) in [7, 11) is 4.84. The maximum absolute atomic E-state index is 12.2. The van der Waals surface area contributed by atoms with Crippen molar-refractivity contribution in [3.8, 4) is 5.75 Å². The second kappa shape index (κ2) is 15.8. The molecular formula is C35H47ClN2O6. The number of aliphatic hydroxyl groups is 1. The van der Waals surface area contributed by atoms with Crippen LogP contribution in [0.2, 0.25) is 5.02 Å². The Labute approximate surface area is 266 Å². The van der Waals surface area contributed by atoms with Crippen LogP contribution >= 0.6 is 11.6 Å². The van der Waals surface area contributed by atoms with Gasteiger partial charge in [0.1, 0.15) is 5.75 Å². The molecule has 1 aliphatic heterocycles. The minimum absolute atomic E-state index is 0.0187. The van der Waals surface area contributed by atoms with Crippen LogP contribution in [0.5, 0.6) is 5.75 Å². The van der Waals surface area contributed by atoms with Crippen molar-refractivity contribution >= 4 is 29.2 Å². The van der Waals surface area contributed by atoms with E-state index in [0.29, 0.717) is 30.6 Å². The van der Waals surface area contributed by atoms with Crippen LogP contribution in [0.15, 0.2) is 48.6 Å². The molecule has 240 valence electrons. The molecular weight excluding hydrogens is 580 g/mol. The molecule has 5 atom stereocenters. The number of nitrogens with zero attached hydrogens (tertiary/aromatic N) is 2. The molecule has 1 fully saturated rings. The van der Waals surface area contributed by atoms with Crippen LogP contribution in [0.1, 0.15) is 68.2 Å². The number of halogens is 1. The second-order valence-corrected chi connectivity index (χ2v) is 12.5. The standard InChI is InChI=1S/C35H47ClN2O6/c1-6-9-24-18-28(36)13-15-29(24)27-21-38(31-19-25(34(40)35(41)43-5)12-16-33(31)44-22-27)20-26-11-14-30(26)32(42-4)10-7-8-17-37(3)23(2)39/h7,10,12-13,15-16,18-19,26-27,30,32,34,40H,6,8-9,11,14,17,20-22H2,1-5H3/b10-7+/t26?,27?,30?,32-,34?/m0/s1. The summed E-state index contributed by atoms with van der Waals surface area (Å²) in [6.45, 7) is 6.43. The highest BCUT2D eigenvalue weighted by Crippen LogP contribution is 2.43. The Balaban J connectivity index is 1.60. The van der Waals surface area contributed by atoms with Gasteiger partial charge in [0, 0.05) is 51.7 Å². The molecule has 1 aliphatic carbocycles. The largest absolute Gasteiger partial charge is 0.491 e. The van der Waals surface area contributed by atoms with Gasteiger partial charge in [0.2, 0.25) is 5.91 Å². The van der Waals surface area contributed by atoms with Crippen molar-refractivity contribution in [3.63, 3.8) is 0 Å². The second-order valence-electron chi connectivity index (χ2n) is 12.0. The number of esters is 1. The number of carbonyl (C=O) groups is 2. The van der Waals surface area contributed by atoms with Crippen molar-refractivity contribution in [1.29, 1.82) is 0 Å². The monoisotopic (exact) mass is 626 g/mol. The van der Waals surface area contributed by atoms with Crippen LogP contribution in [0.4, 0.5) is 5.69 Å². The average molecular weight is 627 g/mol. The third-order valence-corrected chi connectivity index (χ3v) is 9.36. The summed E-state index contributed by atoms with van der Waals surface area (Å²) >= 11 is 6.40. The summed E-state index contributed by atoms with van der Waals surface area (Å²) in [4.78, 5) is 27.8. The topological polar surface area (TPSA) is 88.5 Å². The number of ether oxygens (including phenoxy) is 3. The maximum Gasteiger partial charge on any atom is 0.339 e. The van der Waals surface area contributed by atoms with Crippen molar-refractivity contribution in [2.45, 2.75) is 64.1 Å². The number of amides is 1. The fourth-order valence-electron chi connectivity index (χ4n) is 6.34. The smallest absolute Gasteiger partial charge is 0.339 e. The summed E-state index contributed by atoms with van der Waals surface area (Å²) in [5.41, 5.74) is 3.81. The molecule has 1 N–H and O–H groups in total. The highest BCUT2D eigenvalue weighted by molar-refractivity contribution is 6.30. The lowest BCUT2D eigenvalue weighted by molar-refractivity contribution is -0.150. The number of fused-ring (bicyclic) bond motifs is 1. The third-order valence-electron chi connectivity index (χ3n) is 9.13. The van der Waals surface area contributed by atoms with Gasteiger partial charge in [-0.3, -0.25) is 4.79 Å². The summed E-state index contributed by atoms with van der Waals surface area (Å²) in [6, 6.07) is 11.6. The Kier molecular flexibility index (Phi) is 12.1. The van der Waals surface area contributed by atoms with Crippen molar-refractivity contribution < 1.29 is 28.9 Å². The lowest BCUT2D eigenvalue weighted by Gasteiger charge is -2.43. The first-order valence-electron chi connectivity index (χ1n) is 15.6. The van der Waals surface area contributed by atoms with Gasteiger partial charge in [-0.25, -0.2) is 4.79 Å². The van der Waals surface area contributed by atoms with Gasteiger partial charge < -0.3 is 29.1 Å². The number of methoxy groups -OCH3 is 2. The lowest BCUT2D eigenvalue weighted by atomic mass is 9.70. The van der Waals surface area contributed by atoms with Gasteiger partial charge in [-0.2, -0.15) is 0 Å². The third kappa shape index (κ3) is 8.14. The first kappa shape index (κ1) is 33.8. The number of benzene rings is 2. The number of anilines is 1. The molecule has 2 aromatic carbocycles. The molecule has 8 nitrogen and oxygen atoms in total. The predicted octanol–water partition coefficient (Wildman–Crippen LogP) is 5.95. The minimum atomic E-state index is -1.37. The van der Waals surface area contributed by atoms with Gasteiger partial charge in [0.15, 0.2) is 6.10 Å². The highest BCUT2D eigenvalue weighted by atomic mass is 35.5. The van der Waals surface area contributed by atoms with E-state index in [9.17, 15) is 14.7 Å². The molecule has 0 aromatic heterocycles. The molecule has 0 radical (unpaired) electrons. The Morgan fingerprint density at radius 3 is 2.66 bits per heavy atom. The van der Waals surface area contributed by atoms with Crippen molar-refractivity contribution in [1.82, 2.24) is 4.90 Å². The zero-order valence-electron chi connectivity index (χ0n) is 26.6. The summed E-state index contributed by atoms with van der Waals surface area (Å²) in [5.74, 6) is 0.924. The van der Waals surface area contributed by atoms with E-state index in [2.05, 4.69) is 36.1 Å². The normalized spacial score (nSPS) is 21.1. The van der Waals surface area contributed by atoms with Gasteiger partial charge in [-0.05, 0) is 78.5 Å². The van der Waals surface area contributed by atoms with Gasteiger partial charge in [0.05, 0.1) is 25.5 Å². The zero-order valence-corrected chi connectivity index (χ0v) is 27.4. The van der Waals surface area contributed by atoms with Gasteiger partial charge >= 0.3 is 5.97 Å². The summed E-state index contributed by atoms with van der Waals surface area (Å²) in [5, 5.41) is 11.4. The molecule has 4 rings (SSSR count). The zero-order chi connectivity index (χ0) is 31.8. The fraction of sp³-hybridized carbons (Fsp3) is 0.543. The van der Waals surface area contributed by atoms with Gasteiger partial charge in [-0.1, -0.05) is 49.2 Å². The van der Waals surface area contributed by atoms with Crippen molar-refractivity contribution in [2.75, 3.05) is 52.4 Å².